The monoisotopic (exact) mass is 303 g/mol. The number of carboxylic acids is 1. The summed E-state index contributed by atoms with van der Waals surface area (Å²) in [6.07, 6.45) is 7.93. The maximum atomic E-state index is 12.0. The number of hydrogen-bond donors (Lipinski definition) is 2. The van der Waals surface area contributed by atoms with Crippen molar-refractivity contribution in [2.75, 3.05) is 6.54 Å². The Balaban J connectivity index is 1.77. The molecule has 1 saturated carbocycles. The molecule has 0 spiro atoms. The van der Waals surface area contributed by atoms with Crippen LogP contribution in [0, 0.1) is 0 Å². The summed E-state index contributed by atoms with van der Waals surface area (Å²) in [6, 6.07) is 7.96. The van der Waals surface area contributed by atoms with Crippen molar-refractivity contribution in [1.29, 1.82) is 0 Å². The average molecular weight is 303 g/mol. The van der Waals surface area contributed by atoms with Gasteiger partial charge in [-0.3, -0.25) is 9.59 Å². The molecular weight excluding hydrogens is 278 g/mol. The maximum absolute atomic E-state index is 12.0. The molecular formula is C18H25NO3. The lowest BCUT2D eigenvalue weighted by molar-refractivity contribution is -0.137. The number of carbonyl (C=O) groups excluding carboxylic acids is 1. The standard InChI is InChI=1S/C18H25NO3/c20-17(21)8-4-5-13-19-18(22)16-11-9-15(10-12-16)14-6-2-1-3-7-14/h9-12,14H,1-8,13H2,(H,19,22)(H,20,21). The van der Waals surface area contributed by atoms with Crippen molar-refractivity contribution in [1.82, 2.24) is 5.32 Å². The minimum atomic E-state index is -0.787. The lowest BCUT2D eigenvalue weighted by atomic mass is 9.84. The fourth-order valence-corrected chi connectivity index (χ4v) is 3.05. The van der Waals surface area contributed by atoms with Crippen LogP contribution in [0.4, 0.5) is 0 Å². The van der Waals surface area contributed by atoms with Gasteiger partial charge in [0.25, 0.3) is 5.91 Å². The van der Waals surface area contributed by atoms with E-state index in [2.05, 4.69) is 17.4 Å². The van der Waals surface area contributed by atoms with Crippen molar-refractivity contribution in [3.05, 3.63) is 35.4 Å². The largest absolute Gasteiger partial charge is 0.481 e. The molecule has 0 unspecified atom stereocenters. The normalized spacial score (nSPS) is 15.5. The SMILES string of the molecule is O=C(O)CCCCNC(=O)c1ccc(C2CCCCC2)cc1. The number of aliphatic carboxylic acids is 1. The molecule has 1 aliphatic carbocycles. The third kappa shape index (κ3) is 5.17. The van der Waals surface area contributed by atoms with Gasteiger partial charge in [0.05, 0.1) is 0 Å². The molecule has 2 rings (SSSR count). The molecule has 1 aliphatic rings. The van der Waals surface area contributed by atoms with Gasteiger partial charge >= 0.3 is 5.97 Å². The molecule has 0 aromatic heterocycles. The Morgan fingerprint density at radius 3 is 2.36 bits per heavy atom. The molecule has 22 heavy (non-hydrogen) atoms. The van der Waals surface area contributed by atoms with E-state index in [4.69, 9.17) is 5.11 Å². The van der Waals surface area contributed by atoms with Crippen LogP contribution in [0.3, 0.4) is 0 Å². The van der Waals surface area contributed by atoms with Gasteiger partial charge in [0.1, 0.15) is 0 Å². The predicted molar refractivity (Wildman–Crippen MR) is 86.1 cm³/mol. The van der Waals surface area contributed by atoms with Crippen LogP contribution < -0.4 is 5.32 Å². The summed E-state index contributed by atoms with van der Waals surface area (Å²) in [5.41, 5.74) is 2.02. The van der Waals surface area contributed by atoms with Gasteiger partial charge in [0.2, 0.25) is 0 Å². The first-order valence-electron chi connectivity index (χ1n) is 8.27. The number of unbranched alkanes of at least 4 members (excludes halogenated alkanes) is 1. The van der Waals surface area contributed by atoms with Crippen LogP contribution in [0.15, 0.2) is 24.3 Å². The predicted octanol–water partition coefficient (Wildman–Crippen LogP) is 3.72. The second-order valence-corrected chi connectivity index (χ2v) is 6.06. The fraction of sp³-hybridized carbons (Fsp3) is 0.556. The number of hydrogen-bond acceptors (Lipinski definition) is 2. The smallest absolute Gasteiger partial charge is 0.303 e. The number of amides is 1. The van der Waals surface area contributed by atoms with E-state index >= 15 is 0 Å². The molecule has 1 fully saturated rings. The van der Waals surface area contributed by atoms with Gasteiger partial charge in [0, 0.05) is 18.5 Å². The molecule has 1 amide bonds. The highest BCUT2D eigenvalue weighted by Crippen LogP contribution is 2.32. The molecule has 1 aromatic carbocycles. The fourth-order valence-electron chi connectivity index (χ4n) is 3.05. The number of rotatable bonds is 7. The first kappa shape index (κ1) is 16.5. The van der Waals surface area contributed by atoms with Gasteiger partial charge in [-0.15, -0.1) is 0 Å². The quantitative estimate of drug-likeness (QED) is 0.754. The van der Waals surface area contributed by atoms with E-state index in [1.54, 1.807) is 0 Å². The van der Waals surface area contributed by atoms with Crippen molar-refractivity contribution in [2.45, 2.75) is 57.3 Å². The molecule has 0 bridgehead atoms. The van der Waals surface area contributed by atoms with E-state index in [1.807, 2.05) is 12.1 Å². The molecule has 4 nitrogen and oxygen atoms in total. The van der Waals surface area contributed by atoms with E-state index < -0.39 is 5.97 Å². The Morgan fingerprint density at radius 1 is 1.05 bits per heavy atom. The van der Waals surface area contributed by atoms with Crippen LogP contribution >= 0.6 is 0 Å². The second-order valence-electron chi connectivity index (χ2n) is 6.06. The summed E-state index contributed by atoms with van der Waals surface area (Å²) >= 11 is 0. The Hall–Kier alpha value is -1.84. The summed E-state index contributed by atoms with van der Waals surface area (Å²) in [7, 11) is 0. The van der Waals surface area contributed by atoms with Gasteiger partial charge in [-0.2, -0.15) is 0 Å². The highest BCUT2D eigenvalue weighted by molar-refractivity contribution is 5.94. The molecule has 0 atom stereocenters. The minimum Gasteiger partial charge on any atom is -0.481 e. The first-order valence-corrected chi connectivity index (χ1v) is 8.27. The zero-order valence-electron chi connectivity index (χ0n) is 13.0. The average Bonchev–Trinajstić information content (AvgIpc) is 2.55. The van der Waals surface area contributed by atoms with Gasteiger partial charge in [-0.25, -0.2) is 0 Å². The molecule has 1 aromatic rings. The Morgan fingerprint density at radius 2 is 1.73 bits per heavy atom. The Bertz CT molecular complexity index is 490. The Labute approximate surface area is 131 Å². The molecule has 0 heterocycles. The summed E-state index contributed by atoms with van der Waals surface area (Å²) in [5.74, 6) is -0.211. The third-order valence-electron chi connectivity index (χ3n) is 4.35. The van der Waals surface area contributed by atoms with Crippen molar-refractivity contribution < 1.29 is 14.7 Å². The third-order valence-corrected chi connectivity index (χ3v) is 4.35. The number of carboxylic acid groups (broad SMARTS) is 1. The van der Waals surface area contributed by atoms with Crippen LogP contribution in [-0.4, -0.2) is 23.5 Å². The molecule has 4 heteroatoms. The summed E-state index contributed by atoms with van der Waals surface area (Å²) in [4.78, 5) is 22.4. The second kappa shape index (κ2) is 8.57. The minimum absolute atomic E-state index is 0.0782. The zero-order chi connectivity index (χ0) is 15.8. The van der Waals surface area contributed by atoms with Crippen LogP contribution in [0.25, 0.3) is 0 Å². The van der Waals surface area contributed by atoms with Crippen molar-refractivity contribution in [3.8, 4) is 0 Å². The van der Waals surface area contributed by atoms with E-state index in [0.29, 0.717) is 30.9 Å². The highest BCUT2D eigenvalue weighted by Gasteiger charge is 2.15. The molecule has 0 aliphatic heterocycles. The van der Waals surface area contributed by atoms with Crippen molar-refractivity contribution in [2.24, 2.45) is 0 Å². The topological polar surface area (TPSA) is 66.4 Å². The van der Waals surface area contributed by atoms with Crippen LogP contribution in [0.5, 0.6) is 0 Å². The van der Waals surface area contributed by atoms with Gasteiger partial charge in [0.15, 0.2) is 0 Å². The van der Waals surface area contributed by atoms with Gasteiger partial charge in [-0.1, -0.05) is 31.4 Å². The van der Waals surface area contributed by atoms with Crippen LogP contribution in [0.1, 0.15) is 73.2 Å². The van der Waals surface area contributed by atoms with Crippen molar-refractivity contribution in [3.63, 3.8) is 0 Å². The van der Waals surface area contributed by atoms with Crippen LogP contribution in [-0.2, 0) is 4.79 Å². The summed E-state index contributed by atoms with van der Waals surface area (Å²) in [6.45, 7) is 0.524. The highest BCUT2D eigenvalue weighted by atomic mass is 16.4. The lowest BCUT2D eigenvalue weighted by Gasteiger charge is -2.22. The molecule has 2 N–H and O–H groups in total. The summed E-state index contributed by atoms with van der Waals surface area (Å²) < 4.78 is 0. The van der Waals surface area contributed by atoms with E-state index in [0.717, 1.165) is 0 Å². The Kier molecular flexibility index (Phi) is 6.44. The summed E-state index contributed by atoms with van der Waals surface area (Å²) in [5, 5.41) is 11.4. The van der Waals surface area contributed by atoms with E-state index in [-0.39, 0.29) is 12.3 Å². The van der Waals surface area contributed by atoms with Crippen molar-refractivity contribution >= 4 is 11.9 Å². The number of benzene rings is 1. The molecule has 0 radical (unpaired) electrons. The lowest BCUT2D eigenvalue weighted by Crippen LogP contribution is -2.24. The molecule has 120 valence electrons. The first-order chi connectivity index (χ1) is 10.7. The maximum Gasteiger partial charge on any atom is 0.303 e. The van der Waals surface area contributed by atoms with Gasteiger partial charge < -0.3 is 10.4 Å². The number of carbonyl (C=O) groups is 2. The van der Waals surface area contributed by atoms with Gasteiger partial charge in [-0.05, 0) is 49.3 Å². The van der Waals surface area contributed by atoms with E-state index in [9.17, 15) is 9.59 Å². The number of nitrogens with one attached hydrogen (secondary N) is 1. The van der Waals surface area contributed by atoms with E-state index in [1.165, 1.54) is 37.7 Å². The zero-order valence-corrected chi connectivity index (χ0v) is 13.0. The van der Waals surface area contributed by atoms with Crippen LogP contribution in [0.2, 0.25) is 0 Å². The molecule has 0 saturated heterocycles.